The first-order valence-corrected chi connectivity index (χ1v) is 6.62. The molecule has 0 spiro atoms. The second kappa shape index (κ2) is 9.20. The minimum atomic E-state index is -0.117. The Balaban J connectivity index is 1.95. The Kier molecular flexibility index (Phi) is 7.69. The van der Waals surface area contributed by atoms with Gasteiger partial charge in [-0.2, -0.15) is 0 Å². The van der Waals surface area contributed by atoms with Crippen molar-refractivity contribution in [3.8, 4) is 0 Å². The summed E-state index contributed by atoms with van der Waals surface area (Å²) in [4.78, 5) is 0. The molecule has 0 aliphatic rings. The normalized spacial score (nSPS) is 12.6. The number of aliphatic hydroxyl groups excluding tert-OH is 1. The molecular formula is C15H24O2. The third-order valence-electron chi connectivity index (χ3n) is 2.81. The highest BCUT2D eigenvalue weighted by atomic mass is 16.5. The van der Waals surface area contributed by atoms with E-state index >= 15 is 0 Å². The largest absolute Gasteiger partial charge is 0.393 e. The molecule has 1 aromatic carbocycles. The molecule has 1 N–H and O–H groups in total. The van der Waals surface area contributed by atoms with Crippen LogP contribution in [0, 0.1) is 0 Å². The van der Waals surface area contributed by atoms with Gasteiger partial charge in [-0.15, -0.1) is 0 Å². The summed E-state index contributed by atoms with van der Waals surface area (Å²) < 4.78 is 5.58. The molecule has 0 fully saturated rings. The van der Waals surface area contributed by atoms with Crippen molar-refractivity contribution in [2.45, 2.75) is 51.7 Å². The van der Waals surface area contributed by atoms with Crippen molar-refractivity contribution in [3.05, 3.63) is 35.9 Å². The van der Waals surface area contributed by atoms with Crippen LogP contribution in [-0.4, -0.2) is 17.8 Å². The van der Waals surface area contributed by atoms with Crippen molar-refractivity contribution < 1.29 is 9.84 Å². The summed E-state index contributed by atoms with van der Waals surface area (Å²) in [6, 6.07) is 10.2. The number of aliphatic hydroxyl groups is 1. The topological polar surface area (TPSA) is 29.5 Å². The van der Waals surface area contributed by atoms with Gasteiger partial charge in [0.05, 0.1) is 12.7 Å². The van der Waals surface area contributed by atoms with Crippen molar-refractivity contribution in [3.63, 3.8) is 0 Å². The fourth-order valence-electron chi connectivity index (χ4n) is 1.83. The molecule has 0 aliphatic carbocycles. The lowest BCUT2D eigenvalue weighted by Crippen LogP contribution is -2.06. The molecule has 0 heterocycles. The molecule has 1 rings (SSSR count). The van der Waals surface area contributed by atoms with Gasteiger partial charge in [0.15, 0.2) is 0 Å². The Morgan fingerprint density at radius 1 is 1.12 bits per heavy atom. The first-order valence-electron chi connectivity index (χ1n) is 6.62. The molecule has 0 bridgehead atoms. The predicted octanol–water partition coefficient (Wildman–Crippen LogP) is 3.53. The van der Waals surface area contributed by atoms with Crippen molar-refractivity contribution in [2.24, 2.45) is 0 Å². The number of rotatable bonds is 9. The summed E-state index contributed by atoms with van der Waals surface area (Å²) in [6.07, 6.45) is 4.86. The molecule has 0 radical (unpaired) electrons. The highest BCUT2D eigenvalue weighted by molar-refractivity contribution is 5.13. The fraction of sp³-hybridized carbons (Fsp3) is 0.600. The van der Waals surface area contributed by atoms with Gasteiger partial charge in [-0.25, -0.2) is 0 Å². The lowest BCUT2D eigenvalue weighted by molar-refractivity contribution is 0.107. The molecule has 96 valence electrons. The lowest BCUT2D eigenvalue weighted by atomic mass is 10.1. The van der Waals surface area contributed by atoms with Crippen LogP contribution in [0.1, 0.15) is 44.6 Å². The van der Waals surface area contributed by atoms with Gasteiger partial charge in [0.2, 0.25) is 0 Å². The van der Waals surface area contributed by atoms with E-state index in [1.807, 2.05) is 18.2 Å². The van der Waals surface area contributed by atoms with E-state index in [9.17, 15) is 5.11 Å². The van der Waals surface area contributed by atoms with E-state index in [4.69, 9.17) is 4.74 Å². The fourth-order valence-corrected chi connectivity index (χ4v) is 1.83. The Labute approximate surface area is 105 Å². The zero-order chi connectivity index (χ0) is 12.3. The molecule has 2 nitrogen and oxygen atoms in total. The van der Waals surface area contributed by atoms with E-state index in [0.29, 0.717) is 6.61 Å². The number of hydrogen-bond acceptors (Lipinski definition) is 2. The van der Waals surface area contributed by atoms with Gasteiger partial charge in [-0.3, -0.25) is 0 Å². The molecule has 1 unspecified atom stereocenters. The average molecular weight is 236 g/mol. The lowest BCUT2D eigenvalue weighted by Gasteiger charge is -2.08. The molecule has 2 heteroatoms. The predicted molar refractivity (Wildman–Crippen MR) is 70.9 cm³/mol. The second-order valence-corrected chi connectivity index (χ2v) is 4.48. The first kappa shape index (κ1) is 14.2. The molecule has 0 aromatic heterocycles. The zero-order valence-electron chi connectivity index (χ0n) is 10.8. The highest BCUT2D eigenvalue weighted by Crippen LogP contribution is 2.07. The first-order chi connectivity index (χ1) is 8.33. The van der Waals surface area contributed by atoms with Crippen LogP contribution in [0.2, 0.25) is 0 Å². The van der Waals surface area contributed by atoms with Crippen molar-refractivity contribution in [2.75, 3.05) is 6.61 Å². The number of hydrogen-bond donors (Lipinski definition) is 1. The van der Waals surface area contributed by atoms with Crippen LogP contribution < -0.4 is 0 Å². The Bertz CT molecular complexity index is 272. The molecule has 0 saturated heterocycles. The van der Waals surface area contributed by atoms with E-state index in [2.05, 4.69) is 19.1 Å². The average Bonchev–Trinajstić information content (AvgIpc) is 2.35. The highest BCUT2D eigenvalue weighted by Gasteiger charge is 2.01. The van der Waals surface area contributed by atoms with Crippen molar-refractivity contribution >= 4 is 0 Å². The third kappa shape index (κ3) is 7.14. The molecule has 1 aromatic rings. The van der Waals surface area contributed by atoms with Gasteiger partial charge in [0.1, 0.15) is 0 Å². The van der Waals surface area contributed by atoms with Gasteiger partial charge in [0.25, 0.3) is 0 Å². The third-order valence-corrected chi connectivity index (χ3v) is 2.81. The van der Waals surface area contributed by atoms with E-state index in [0.717, 1.165) is 38.7 Å². The Morgan fingerprint density at radius 3 is 2.59 bits per heavy atom. The minimum absolute atomic E-state index is 0.117. The van der Waals surface area contributed by atoms with Gasteiger partial charge in [-0.05, 0) is 31.2 Å². The molecule has 1 atom stereocenters. The Hall–Kier alpha value is -0.860. The maximum atomic E-state index is 9.54. The van der Waals surface area contributed by atoms with Crippen LogP contribution in [0.3, 0.4) is 0 Å². The molecule has 17 heavy (non-hydrogen) atoms. The van der Waals surface area contributed by atoms with E-state index < -0.39 is 0 Å². The summed E-state index contributed by atoms with van der Waals surface area (Å²) >= 11 is 0. The smallest absolute Gasteiger partial charge is 0.0716 e. The maximum Gasteiger partial charge on any atom is 0.0716 e. The molecule has 0 aliphatic heterocycles. The van der Waals surface area contributed by atoms with Gasteiger partial charge in [0, 0.05) is 6.61 Å². The molecular weight excluding hydrogens is 212 g/mol. The minimum Gasteiger partial charge on any atom is -0.393 e. The van der Waals surface area contributed by atoms with Crippen LogP contribution >= 0.6 is 0 Å². The van der Waals surface area contributed by atoms with Crippen molar-refractivity contribution in [1.29, 1.82) is 0 Å². The summed E-state index contributed by atoms with van der Waals surface area (Å²) in [5.41, 5.74) is 1.22. The second-order valence-electron chi connectivity index (χ2n) is 4.48. The monoisotopic (exact) mass is 236 g/mol. The van der Waals surface area contributed by atoms with Gasteiger partial charge >= 0.3 is 0 Å². The number of unbranched alkanes of at least 4 members (excludes halogenated alkanes) is 1. The van der Waals surface area contributed by atoms with E-state index in [-0.39, 0.29) is 6.10 Å². The van der Waals surface area contributed by atoms with Crippen LogP contribution in [0.15, 0.2) is 30.3 Å². The maximum absolute atomic E-state index is 9.54. The van der Waals surface area contributed by atoms with Crippen LogP contribution in [0.4, 0.5) is 0 Å². The van der Waals surface area contributed by atoms with Crippen LogP contribution in [0.5, 0.6) is 0 Å². The van der Waals surface area contributed by atoms with Crippen molar-refractivity contribution in [1.82, 2.24) is 0 Å². The van der Waals surface area contributed by atoms with Gasteiger partial charge in [-0.1, -0.05) is 43.7 Å². The quantitative estimate of drug-likeness (QED) is 0.665. The summed E-state index contributed by atoms with van der Waals surface area (Å²) in [6.45, 7) is 3.58. The van der Waals surface area contributed by atoms with Gasteiger partial charge < -0.3 is 9.84 Å². The summed E-state index contributed by atoms with van der Waals surface area (Å²) in [5.74, 6) is 0. The number of benzene rings is 1. The van der Waals surface area contributed by atoms with Crippen LogP contribution in [0.25, 0.3) is 0 Å². The standard InChI is InChI=1S/C15H24O2/c1-2-8-15(16)11-6-7-12-17-13-14-9-4-3-5-10-14/h3-5,9-10,15-16H,2,6-8,11-13H2,1H3. The zero-order valence-corrected chi connectivity index (χ0v) is 10.8. The Morgan fingerprint density at radius 2 is 1.88 bits per heavy atom. The van der Waals surface area contributed by atoms with E-state index in [1.54, 1.807) is 0 Å². The molecule has 0 saturated carbocycles. The summed E-state index contributed by atoms with van der Waals surface area (Å²) in [5, 5.41) is 9.54. The SMILES string of the molecule is CCCC(O)CCCCOCc1ccccc1. The van der Waals surface area contributed by atoms with E-state index in [1.165, 1.54) is 5.56 Å². The number of ether oxygens (including phenoxy) is 1. The van der Waals surface area contributed by atoms with Crippen LogP contribution in [-0.2, 0) is 11.3 Å². The molecule has 0 amide bonds. The summed E-state index contributed by atoms with van der Waals surface area (Å²) in [7, 11) is 0.